The quantitative estimate of drug-likeness (QED) is 0.320. The van der Waals surface area contributed by atoms with E-state index in [9.17, 15) is 14.7 Å². The van der Waals surface area contributed by atoms with Crippen molar-refractivity contribution < 1.29 is 24.5 Å². The lowest BCUT2D eigenvalue weighted by Crippen LogP contribution is -2.18. The molecule has 0 aliphatic rings. The lowest BCUT2D eigenvalue weighted by Gasteiger charge is -2.20. The summed E-state index contributed by atoms with van der Waals surface area (Å²) in [6.45, 7) is 0. The van der Waals surface area contributed by atoms with Gasteiger partial charge in [-0.25, -0.2) is 9.59 Å². The molecule has 0 aliphatic carbocycles. The highest BCUT2D eigenvalue weighted by Gasteiger charge is 2.20. The van der Waals surface area contributed by atoms with E-state index in [2.05, 4.69) is 5.32 Å². The van der Waals surface area contributed by atoms with Crippen LogP contribution in [0.5, 0.6) is 5.75 Å². The van der Waals surface area contributed by atoms with Crippen molar-refractivity contribution in [2.24, 2.45) is 0 Å². The summed E-state index contributed by atoms with van der Waals surface area (Å²) < 4.78 is 5.74. The van der Waals surface area contributed by atoms with Gasteiger partial charge in [0.25, 0.3) is 0 Å². The van der Waals surface area contributed by atoms with E-state index in [-0.39, 0.29) is 5.75 Å². The summed E-state index contributed by atoms with van der Waals surface area (Å²) in [4.78, 5) is 23.2. The number of carbonyl (C=O) groups is 2. The minimum absolute atomic E-state index is 0.134. The topological polar surface area (TPSA) is 120 Å². The molecule has 0 saturated carbocycles. The third-order valence-corrected chi connectivity index (χ3v) is 4.89. The number of nitrogens with zero attached hydrogens (tertiary/aromatic N) is 1. The average Bonchev–Trinajstić information content (AvgIpc) is 2.79. The number of nitriles is 1. The van der Waals surface area contributed by atoms with Crippen LogP contribution in [-0.2, 0) is 9.53 Å². The van der Waals surface area contributed by atoms with Crippen molar-refractivity contribution in [1.29, 1.82) is 5.26 Å². The Balaban J connectivity index is 1.80. The number of phenols is 1. The van der Waals surface area contributed by atoms with Gasteiger partial charge in [0.2, 0.25) is 0 Å². The van der Waals surface area contributed by atoms with Crippen LogP contribution >= 0.6 is 0 Å². The highest BCUT2D eigenvalue weighted by molar-refractivity contribution is 5.91. The molecule has 7 nitrogen and oxygen atoms in total. The summed E-state index contributed by atoms with van der Waals surface area (Å²) in [6.07, 6.45) is 2.94. The number of hydrogen-bond donors (Lipinski definition) is 3. The zero-order valence-corrected chi connectivity index (χ0v) is 17.2. The van der Waals surface area contributed by atoms with E-state index >= 15 is 0 Å². The van der Waals surface area contributed by atoms with Crippen molar-refractivity contribution in [3.05, 3.63) is 83.9 Å². The van der Waals surface area contributed by atoms with E-state index in [0.29, 0.717) is 35.9 Å². The molecule has 0 aliphatic heterocycles. The summed E-state index contributed by atoms with van der Waals surface area (Å²) >= 11 is 0. The number of carboxylic acids is 1. The number of benzene rings is 3. The minimum atomic E-state index is -1.01. The Morgan fingerprint density at radius 2 is 1.78 bits per heavy atom. The summed E-state index contributed by atoms with van der Waals surface area (Å²) in [7, 11) is 0. The molecule has 0 aromatic heterocycles. The molecule has 0 radical (unpaired) electrons. The third kappa shape index (κ3) is 5.86. The molecule has 1 atom stereocenters. The van der Waals surface area contributed by atoms with Gasteiger partial charge < -0.3 is 14.9 Å². The SMILES string of the molecule is N#Cc1ccc(NC(=O)O[C@@H](CCC/C=C/C(=O)O)c2ccc(O)c3ccccc23)cc1. The molecule has 3 N–H and O–H groups in total. The molecule has 1 amide bonds. The molecular weight excluding hydrogens is 408 g/mol. The van der Waals surface area contributed by atoms with Gasteiger partial charge in [-0.15, -0.1) is 0 Å². The number of carbonyl (C=O) groups excluding carboxylic acids is 1. The number of aromatic hydroxyl groups is 1. The standard InChI is InChI=1S/C25H22N2O5/c26-16-17-10-12-18(13-11-17)27-25(31)32-23(8-2-1-3-9-24(29)30)21-14-15-22(28)20-7-5-4-6-19(20)21/h3-7,9-15,23,28H,1-2,8H2,(H,27,31)(H,29,30)/b9-3+/t23-/m0/s1. The molecule has 0 spiro atoms. The number of amides is 1. The maximum atomic E-state index is 12.6. The largest absolute Gasteiger partial charge is 0.507 e. The fraction of sp³-hybridized carbons (Fsp3) is 0.160. The van der Waals surface area contributed by atoms with Crippen LogP contribution in [0.25, 0.3) is 10.8 Å². The van der Waals surface area contributed by atoms with E-state index < -0.39 is 18.2 Å². The van der Waals surface area contributed by atoms with Gasteiger partial charge in [-0.2, -0.15) is 5.26 Å². The Morgan fingerprint density at radius 1 is 1.06 bits per heavy atom. The van der Waals surface area contributed by atoms with Gasteiger partial charge in [0.15, 0.2) is 0 Å². The lowest BCUT2D eigenvalue weighted by atomic mass is 9.96. The van der Waals surface area contributed by atoms with Gasteiger partial charge in [-0.3, -0.25) is 5.32 Å². The van der Waals surface area contributed by atoms with E-state index in [4.69, 9.17) is 15.1 Å². The Morgan fingerprint density at radius 3 is 2.47 bits per heavy atom. The minimum Gasteiger partial charge on any atom is -0.507 e. The van der Waals surface area contributed by atoms with Crippen molar-refractivity contribution >= 4 is 28.5 Å². The highest BCUT2D eigenvalue weighted by Crippen LogP contribution is 2.34. The first-order chi connectivity index (χ1) is 15.5. The Hall–Kier alpha value is -4.31. The number of fused-ring (bicyclic) bond motifs is 1. The number of unbranched alkanes of at least 4 members (excludes halogenated alkanes) is 1. The monoisotopic (exact) mass is 430 g/mol. The van der Waals surface area contributed by atoms with Crippen LogP contribution in [-0.4, -0.2) is 22.3 Å². The first-order valence-electron chi connectivity index (χ1n) is 10.1. The van der Waals surface area contributed by atoms with Crippen LogP contribution in [0.3, 0.4) is 0 Å². The fourth-order valence-corrected chi connectivity index (χ4v) is 3.38. The van der Waals surface area contributed by atoms with Crippen molar-refractivity contribution in [3.63, 3.8) is 0 Å². The van der Waals surface area contributed by atoms with Gasteiger partial charge >= 0.3 is 12.1 Å². The molecule has 0 fully saturated rings. The van der Waals surface area contributed by atoms with Crippen LogP contribution in [0.2, 0.25) is 0 Å². The number of rotatable bonds is 8. The third-order valence-electron chi connectivity index (χ3n) is 4.89. The number of nitrogens with one attached hydrogen (secondary N) is 1. The smallest absolute Gasteiger partial charge is 0.412 e. The molecule has 162 valence electrons. The summed E-state index contributed by atoms with van der Waals surface area (Å²) in [6, 6.07) is 19.0. The number of carboxylic acid groups (broad SMARTS) is 1. The van der Waals surface area contributed by atoms with Crippen molar-refractivity contribution in [3.8, 4) is 11.8 Å². The normalized spacial score (nSPS) is 11.7. The second kappa shape index (κ2) is 10.6. The van der Waals surface area contributed by atoms with Gasteiger partial charge in [0.1, 0.15) is 11.9 Å². The van der Waals surface area contributed by atoms with Crippen molar-refractivity contribution in [2.75, 3.05) is 5.32 Å². The molecule has 0 unspecified atom stereocenters. The highest BCUT2D eigenvalue weighted by atomic mass is 16.6. The maximum absolute atomic E-state index is 12.6. The summed E-state index contributed by atoms with van der Waals surface area (Å²) in [5, 5.41) is 31.9. The zero-order chi connectivity index (χ0) is 22.9. The number of phenolic OH excluding ortho intramolecular Hbond substituents is 1. The predicted octanol–water partition coefficient (Wildman–Crippen LogP) is 5.52. The lowest BCUT2D eigenvalue weighted by molar-refractivity contribution is -0.131. The van der Waals surface area contributed by atoms with Crippen LogP contribution in [0.15, 0.2) is 72.8 Å². The molecule has 7 heteroatoms. The molecular formula is C25H22N2O5. The number of ether oxygens (including phenoxy) is 1. The Kier molecular flexibility index (Phi) is 7.44. The fourth-order valence-electron chi connectivity index (χ4n) is 3.38. The van der Waals surface area contributed by atoms with Crippen LogP contribution in [0.1, 0.15) is 36.5 Å². The first kappa shape index (κ1) is 22.4. The van der Waals surface area contributed by atoms with Gasteiger partial charge in [-0.05, 0) is 55.0 Å². The van der Waals surface area contributed by atoms with E-state index in [1.807, 2.05) is 24.3 Å². The Labute approximate surface area is 185 Å². The molecule has 32 heavy (non-hydrogen) atoms. The van der Waals surface area contributed by atoms with Crippen LogP contribution < -0.4 is 5.32 Å². The molecule has 3 aromatic carbocycles. The summed E-state index contributed by atoms with van der Waals surface area (Å²) in [5.41, 5.74) is 1.72. The summed E-state index contributed by atoms with van der Waals surface area (Å²) in [5.74, 6) is -0.876. The molecule has 0 heterocycles. The second-order valence-corrected chi connectivity index (χ2v) is 7.10. The van der Waals surface area contributed by atoms with E-state index in [0.717, 1.165) is 17.0 Å². The zero-order valence-electron chi connectivity index (χ0n) is 17.2. The van der Waals surface area contributed by atoms with E-state index in [1.165, 1.54) is 0 Å². The van der Waals surface area contributed by atoms with Crippen molar-refractivity contribution in [1.82, 2.24) is 0 Å². The molecule has 3 aromatic rings. The first-order valence-corrected chi connectivity index (χ1v) is 10.1. The number of aliphatic carboxylic acids is 1. The predicted molar refractivity (Wildman–Crippen MR) is 120 cm³/mol. The number of hydrogen-bond acceptors (Lipinski definition) is 5. The number of anilines is 1. The van der Waals surface area contributed by atoms with Crippen LogP contribution in [0.4, 0.5) is 10.5 Å². The molecule has 3 rings (SSSR count). The number of allylic oxidation sites excluding steroid dienone is 1. The molecule has 0 bridgehead atoms. The van der Waals surface area contributed by atoms with E-state index in [1.54, 1.807) is 48.5 Å². The van der Waals surface area contributed by atoms with Gasteiger partial charge in [0, 0.05) is 22.7 Å². The second-order valence-electron chi connectivity index (χ2n) is 7.10. The maximum Gasteiger partial charge on any atom is 0.412 e. The Bertz CT molecular complexity index is 1180. The molecule has 0 saturated heterocycles. The van der Waals surface area contributed by atoms with Crippen LogP contribution in [0, 0.1) is 11.3 Å². The van der Waals surface area contributed by atoms with Gasteiger partial charge in [-0.1, -0.05) is 36.4 Å². The van der Waals surface area contributed by atoms with Gasteiger partial charge in [0.05, 0.1) is 11.6 Å². The van der Waals surface area contributed by atoms with Crippen molar-refractivity contribution in [2.45, 2.75) is 25.4 Å². The average molecular weight is 430 g/mol.